The number of ether oxygens (including phenoxy) is 1. The van der Waals surface area contributed by atoms with Gasteiger partial charge in [-0.15, -0.1) is 0 Å². The largest absolute Gasteiger partial charge is 0.464 e. The van der Waals surface area contributed by atoms with Crippen molar-refractivity contribution >= 4 is 11.9 Å². The van der Waals surface area contributed by atoms with E-state index in [2.05, 4.69) is 12.2 Å². The van der Waals surface area contributed by atoms with Gasteiger partial charge in [0.25, 0.3) is 0 Å². The zero-order valence-corrected chi connectivity index (χ0v) is 9.70. The summed E-state index contributed by atoms with van der Waals surface area (Å²) in [5.74, 6) is -0.534. The van der Waals surface area contributed by atoms with Crippen LogP contribution in [0.3, 0.4) is 0 Å². The molecular weight excluding hydrogens is 206 g/mol. The fraction of sp³-hybridized carbons (Fsp3) is 0.667. The van der Waals surface area contributed by atoms with Crippen molar-refractivity contribution in [1.29, 1.82) is 0 Å². The summed E-state index contributed by atoms with van der Waals surface area (Å²) >= 11 is 0. The van der Waals surface area contributed by atoms with E-state index in [4.69, 9.17) is 4.74 Å². The van der Waals surface area contributed by atoms with E-state index in [1.807, 2.05) is 6.08 Å². The molecule has 0 radical (unpaired) electrons. The molecule has 0 bridgehead atoms. The van der Waals surface area contributed by atoms with E-state index in [1.165, 1.54) is 18.9 Å². The molecule has 16 heavy (non-hydrogen) atoms. The van der Waals surface area contributed by atoms with Gasteiger partial charge in [0.05, 0.1) is 6.61 Å². The highest BCUT2D eigenvalue weighted by Crippen LogP contribution is 2.05. The Balaban J connectivity index is 2.17. The number of carbonyl (C=O) groups is 2. The Morgan fingerprint density at radius 2 is 2.38 bits per heavy atom. The van der Waals surface area contributed by atoms with Gasteiger partial charge in [-0.25, -0.2) is 4.79 Å². The van der Waals surface area contributed by atoms with Crippen LogP contribution in [-0.2, 0) is 14.3 Å². The summed E-state index contributed by atoms with van der Waals surface area (Å²) in [6, 6.07) is -0.451. The lowest BCUT2D eigenvalue weighted by molar-refractivity contribution is -0.140. The molecule has 0 aliphatic carbocycles. The van der Waals surface area contributed by atoms with Gasteiger partial charge in [-0.05, 0) is 18.9 Å². The van der Waals surface area contributed by atoms with Crippen LogP contribution in [-0.4, -0.2) is 24.5 Å². The van der Waals surface area contributed by atoms with Gasteiger partial charge in [0.15, 0.2) is 0 Å². The van der Waals surface area contributed by atoms with Crippen LogP contribution in [0.4, 0.5) is 0 Å². The number of hydrogen-bond donors (Lipinski definition) is 1. The number of allylic oxidation sites excluding steroid dienone is 1. The molecule has 1 rings (SSSR count). The highest BCUT2D eigenvalue weighted by molar-refractivity contribution is 5.91. The van der Waals surface area contributed by atoms with Crippen LogP contribution in [0.2, 0.25) is 0 Å². The molecule has 0 aromatic carbocycles. The van der Waals surface area contributed by atoms with Crippen LogP contribution >= 0.6 is 0 Å². The van der Waals surface area contributed by atoms with Crippen molar-refractivity contribution in [3.63, 3.8) is 0 Å². The van der Waals surface area contributed by atoms with Gasteiger partial charge < -0.3 is 10.1 Å². The van der Waals surface area contributed by atoms with E-state index < -0.39 is 6.04 Å². The molecule has 0 aromatic rings. The summed E-state index contributed by atoms with van der Waals surface area (Å²) in [5.41, 5.74) is 0. The van der Waals surface area contributed by atoms with E-state index in [9.17, 15) is 9.59 Å². The van der Waals surface area contributed by atoms with Crippen molar-refractivity contribution in [3.05, 3.63) is 12.2 Å². The Labute approximate surface area is 96.0 Å². The molecule has 0 saturated carbocycles. The fourth-order valence-corrected chi connectivity index (χ4v) is 1.55. The average molecular weight is 225 g/mol. The SMILES string of the molecule is CCCCC/C=C/C(=O)NC1CCOC1=O. The number of cyclic esters (lactones) is 1. The predicted octanol–water partition coefficient (Wildman–Crippen LogP) is 1.55. The summed E-state index contributed by atoms with van der Waals surface area (Å²) < 4.78 is 4.75. The molecule has 1 heterocycles. The van der Waals surface area contributed by atoms with Crippen LogP contribution < -0.4 is 5.32 Å². The summed E-state index contributed by atoms with van der Waals surface area (Å²) in [5, 5.41) is 2.62. The monoisotopic (exact) mass is 225 g/mol. The number of esters is 1. The molecule has 1 N–H and O–H groups in total. The second-order valence-corrected chi connectivity index (χ2v) is 3.92. The first-order valence-electron chi connectivity index (χ1n) is 5.87. The van der Waals surface area contributed by atoms with Gasteiger partial charge in [-0.3, -0.25) is 4.79 Å². The van der Waals surface area contributed by atoms with Crippen LogP contribution in [0, 0.1) is 0 Å². The van der Waals surface area contributed by atoms with Gasteiger partial charge in [0, 0.05) is 6.42 Å². The summed E-state index contributed by atoms with van der Waals surface area (Å²) in [4.78, 5) is 22.4. The first kappa shape index (κ1) is 12.7. The molecule has 90 valence electrons. The zero-order chi connectivity index (χ0) is 11.8. The second kappa shape index (κ2) is 7.04. The third-order valence-electron chi connectivity index (χ3n) is 2.50. The molecule has 4 heteroatoms. The third kappa shape index (κ3) is 4.47. The number of rotatable bonds is 6. The molecule has 1 aliphatic heterocycles. The maximum Gasteiger partial charge on any atom is 0.328 e. The van der Waals surface area contributed by atoms with Crippen LogP contribution in [0.5, 0.6) is 0 Å². The molecule has 1 saturated heterocycles. The van der Waals surface area contributed by atoms with Crippen LogP contribution in [0.25, 0.3) is 0 Å². The van der Waals surface area contributed by atoms with Crippen molar-refractivity contribution in [2.75, 3.05) is 6.61 Å². The smallest absolute Gasteiger partial charge is 0.328 e. The maximum absolute atomic E-state index is 11.4. The molecule has 0 spiro atoms. The normalized spacial score (nSPS) is 20.1. The second-order valence-electron chi connectivity index (χ2n) is 3.92. The van der Waals surface area contributed by atoms with Crippen molar-refractivity contribution in [2.45, 2.75) is 45.1 Å². The van der Waals surface area contributed by atoms with Gasteiger partial charge >= 0.3 is 5.97 Å². The summed E-state index contributed by atoms with van der Waals surface area (Å²) in [6.45, 7) is 2.55. The minimum atomic E-state index is -0.451. The number of hydrogen-bond acceptors (Lipinski definition) is 3. The van der Waals surface area contributed by atoms with Crippen molar-refractivity contribution in [1.82, 2.24) is 5.32 Å². The molecular formula is C12H19NO3. The summed E-state index contributed by atoms with van der Waals surface area (Å²) in [6.07, 6.45) is 8.30. The predicted molar refractivity (Wildman–Crippen MR) is 60.8 cm³/mol. The minimum Gasteiger partial charge on any atom is -0.464 e. The molecule has 0 aromatic heterocycles. The Morgan fingerprint density at radius 1 is 1.56 bits per heavy atom. The van der Waals surface area contributed by atoms with Crippen LogP contribution in [0.15, 0.2) is 12.2 Å². The Hall–Kier alpha value is -1.32. The number of unbranched alkanes of at least 4 members (excludes halogenated alkanes) is 3. The van der Waals surface area contributed by atoms with Gasteiger partial charge in [-0.2, -0.15) is 0 Å². The summed E-state index contributed by atoms with van der Waals surface area (Å²) in [7, 11) is 0. The fourth-order valence-electron chi connectivity index (χ4n) is 1.55. The van der Waals surface area contributed by atoms with Gasteiger partial charge in [0.2, 0.25) is 5.91 Å². The van der Waals surface area contributed by atoms with Gasteiger partial charge in [0.1, 0.15) is 6.04 Å². The topological polar surface area (TPSA) is 55.4 Å². The lowest BCUT2D eigenvalue weighted by Gasteiger charge is -2.05. The molecule has 4 nitrogen and oxygen atoms in total. The maximum atomic E-state index is 11.4. The Kier molecular flexibility index (Phi) is 5.61. The van der Waals surface area contributed by atoms with Crippen LogP contribution in [0.1, 0.15) is 39.0 Å². The standard InChI is InChI=1S/C12H19NO3/c1-2-3-4-5-6-7-11(14)13-10-8-9-16-12(10)15/h6-7,10H,2-5,8-9H2,1H3,(H,13,14)/b7-6+. The minimum absolute atomic E-state index is 0.208. The molecule has 1 fully saturated rings. The van der Waals surface area contributed by atoms with Gasteiger partial charge in [-0.1, -0.05) is 25.8 Å². The number of amides is 1. The quantitative estimate of drug-likeness (QED) is 0.424. The van der Waals surface area contributed by atoms with E-state index in [1.54, 1.807) is 0 Å². The Morgan fingerprint density at radius 3 is 3.00 bits per heavy atom. The van der Waals surface area contributed by atoms with E-state index >= 15 is 0 Å². The van der Waals surface area contributed by atoms with E-state index in [0.29, 0.717) is 13.0 Å². The number of nitrogens with one attached hydrogen (secondary N) is 1. The molecule has 1 aliphatic rings. The lowest BCUT2D eigenvalue weighted by atomic mass is 10.2. The molecule has 1 unspecified atom stereocenters. The molecule has 1 atom stereocenters. The van der Waals surface area contributed by atoms with Crippen molar-refractivity contribution in [3.8, 4) is 0 Å². The lowest BCUT2D eigenvalue weighted by Crippen LogP contribution is -2.36. The zero-order valence-electron chi connectivity index (χ0n) is 9.70. The first-order valence-corrected chi connectivity index (χ1v) is 5.87. The average Bonchev–Trinajstić information content (AvgIpc) is 2.64. The Bertz CT molecular complexity index is 273. The molecule has 1 amide bonds. The highest BCUT2D eigenvalue weighted by atomic mass is 16.5. The van der Waals surface area contributed by atoms with E-state index in [-0.39, 0.29) is 11.9 Å². The highest BCUT2D eigenvalue weighted by Gasteiger charge is 2.26. The third-order valence-corrected chi connectivity index (χ3v) is 2.50. The first-order chi connectivity index (χ1) is 7.74. The van der Waals surface area contributed by atoms with Crippen molar-refractivity contribution in [2.24, 2.45) is 0 Å². The van der Waals surface area contributed by atoms with Crippen molar-refractivity contribution < 1.29 is 14.3 Å². The number of carbonyl (C=O) groups excluding carboxylic acids is 2. The van der Waals surface area contributed by atoms with E-state index in [0.717, 1.165) is 12.8 Å².